The molecule has 0 aliphatic heterocycles. The number of ether oxygens (including phenoxy) is 1. The highest BCUT2D eigenvalue weighted by atomic mass is 16.5. The summed E-state index contributed by atoms with van der Waals surface area (Å²) in [6, 6.07) is 0. The highest BCUT2D eigenvalue weighted by molar-refractivity contribution is 4.60. The summed E-state index contributed by atoms with van der Waals surface area (Å²) in [5, 5.41) is 0. The van der Waals surface area contributed by atoms with Crippen molar-refractivity contribution >= 4 is 0 Å². The lowest BCUT2D eigenvalue weighted by Crippen LogP contribution is -1.75. The van der Waals surface area contributed by atoms with E-state index >= 15 is 0 Å². The minimum absolute atomic E-state index is 1.33. The third kappa shape index (κ3) is 3.34. The van der Waals surface area contributed by atoms with Crippen molar-refractivity contribution in [3.05, 3.63) is 12.5 Å². The molecule has 0 aromatic carbocycles. The predicted octanol–water partition coefficient (Wildman–Crippen LogP) is 0.0627. The van der Waals surface area contributed by atoms with E-state index in [-0.39, 0.29) is 0 Å². The number of hydrogen-bond donors (Lipinski definition) is 1. The first-order valence-corrected chi connectivity index (χ1v) is 1.31. The second kappa shape index (κ2) is 3.34. The SMILES string of the molecule is CO/C=C/N. The molecule has 0 saturated carbocycles. The van der Waals surface area contributed by atoms with Crippen molar-refractivity contribution in [1.82, 2.24) is 0 Å². The number of nitrogens with two attached hydrogens (primary N) is 1. The van der Waals surface area contributed by atoms with Crippen LogP contribution in [0, 0.1) is 0 Å². The van der Waals surface area contributed by atoms with Gasteiger partial charge in [0.15, 0.2) is 0 Å². The molecule has 0 radical (unpaired) electrons. The van der Waals surface area contributed by atoms with Crippen LogP contribution in [0.1, 0.15) is 0 Å². The van der Waals surface area contributed by atoms with Crippen LogP contribution in [-0.2, 0) is 4.74 Å². The fraction of sp³-hybridized carbons (Fsp3) is 0.333. The molecule has 5 heavy (non-hydrogen) atoms. The van der Waals surface area contributed by atoms with Crippen LogP contribution in [-0.4, -0.2) is 7.11 Å². The third-order valence-corrected chi connectivity index (χ3v) is 0.215. The summed E-state index contributed by atoms with van der Waals surface area (Å²) >= 11 is 0. The lowest BCUT2D eigenvalue weighted by atomic mass is 11.0. The molecule has 0 amide bonds. The number of methoxy groups -OCH3 is 1. The maximum Gasteiger partial charge on any atom is 0.0979 e. The van der Waals surface area contributed by atoms with Gasteiger partial charge in [-0.05, 0) is 0 Å². The molecule has 0 aromatic heterocycles. The van der Waals surface area contributed by atoms with Gasteiger partial charge >= 0.3 is 0 Å². The summed E-state index contributed by atoms with van der Waals surface area (Å²) in [5.41, 5.74) is 4.83. The smallest absolute Gasteiger partial charge is 0.0979 e. The second-order valence-corrected chi connectivity index (χ2v) is 0.564. The van der Waals surface area contributed by atoms with Crippen LogP contribution in [0.3, 0.4) is 0 Å². The Kier molecular flexibility index (Phi) is 2.90. The maximum atomic E-state index is 4.83. The van der Waals surface area contributed by atoms with Gasteiger partial charge in [0.25, 0.3) is 0 Å². The van der Waals surface area contributed by atoms with Gasteiger partial charge in [-0.25, -0.2) is 0 Å². The van der Waals surface area contributed by atoms with Crippen LogP contribution in [0.25, 0.3) is 0 Å². The molecule has 0 aliphatic rings. The Labute approximate surface area is 31.2 Å². The lowest BCUT2D eigenvalue weighted by molar-refractivity contribution is 0.337. The molecule has 0 bridgehead atoms. The molecule has 0 saturated heterocycles. The largest absolute Gasteiger partial charge is 0.503 e. The normalized spacial score (nSPS) is 9.00. The molecule has 30 valence electrons. The molecule has 0 heterocycles. The van der Waals surface area contributed by atoms with E-state index < -0.39 is 0 Å². The molecule has 2 N–H and O–H groups in total. The van der Waals surface area contributed by atoms with Gasteiger partial charge in [0.2, 0.25) is 0 Å². The fourth-order valence-electron chi connectivity index (χ4n) is 0.0786. The standard InChI is InChI=1S/C3H7NO/c1-5-3-2-4/h2-3H,4H2,1H3/b3-2+. The van der Waals surface area contributed by atoms with Gasteiger partial charge in [0, 0.05) is 6.20 Å². The van der Waals surface area contributed by atoms with Crippen LogP contribution in [0.2, 0.25) is 0 Å². The average Bonchev–Trinajstić information content (AvgIpc) is 1.41. The summed E-state index contributed by atoms with van der Waals surface area (Å²) in [7, 11) is 1.54. The van der Waals surface area contributed by atoms with Crippen LogP contribution < -0.4 is 5.73 Å². The molecule has 0 rings (SSSR count). The van der Waals surface area contributed by atoms with Crippen molar-refractivity contribution in [3.63, 3.8) is 0 Å². The average molecular weight is 73.1 g/mol. The van der Waals surface area contributed by atoms with E-state index in [4.69, 9.17) is 5.73 Å². The van der Waals surface area contributed by atoms with Crippen LogP contribution in [0.15, 0.2) is 12.5 Å². The monoisotopic (exact) mass is 73.1 g/mol. The molecule has 0 fully saturated rings. The highest BCUT2D eigenvalue weighted by Gasteiger charge is 1.46. The van der Waals surface area contributed by atoms with E-state index in [1.165, 1.54) is 12.5 Å². The summed E-state index contributed by atoms with van der Waals surface area (Å²) in [6.45, 7) is 0. The van der Waals surface area contributed by atoms with Crippen LogP contribution in [0.5, 0.6) is 0 Å². The zero-order valence-electron chi connectivity index (χ0n) is 3.14. The second-order valence-electron chi connectivity index (χ2n) is 0.564. The Bertz CT molecular complexity index is 33.9. The Hall–Kier alpha value is -0.660. The van der Waals surface area contributed by atoms with Crippen molar-refractivity contribution < 1.29 is 4.74 Å². The van der Waals surface area contributed by atoms with Crippen molar-refractivity contribution in [1.29, 1.82) is 0 Å². The van der Waals surface area contributed by atoms with Gasteiger partial charge < -0.3 is 10.5 Å². The van der Waals surface area contributed by atoms with E-state index in [9.17, 15) is 0 Å². The summed E-state index contributed by atoms with van der Waals surface area (Å²) < 4.78 is 4.39. The zero-order valence-corrected chi connectivity index (χ0v) is 3.14. The fourth-order valence-corrected chi connectivity index (χ4v) is 0.0786. The summed E-state index contributed by atoms with van der Waals surface area (Å²) in [5.74, 6) is 0. The van der Waals surface area contributed by atoms with Crippen molar-refractivity contribution in [2.45, 2.75) is 0 Å². The molecular weight excluding hydrogens is 66.0 g/mol. The van der Waals surface area contributed by atoms with E-state index in [0.29, 0.717) is 0 Å². The van der Waals surface area contributed by atoms with E-state index in [1.807, 2.05) is 0 Å². The number of hydrogen-bond acceptors (Lipinski definition) is 2. The Morgan fingerprint density at radius 3 is 2.40 bits per heavy atom. The van der Waals surface area contributed by atoms with Crippen LogP contribution in [0.4, 0.5) is 0 Å². The molecule has 0 spiro atoms. The van der Waals surface area contributed by atoms with Crippen molar-refractivity contribution in [2.24, 2.45) is 5.73 Å². The summed E-state index contributed by atoms with van der Waals surface area (Å²) in [6.07, 6.45) is 2.74. The van der Waals surface area contributed by atoms with Gasteiger partial charge in [-0.1, -0.05) is 0 Å². The van der Waals surface area contributed by atoms with Crippen molar-refractivity contribution in [2.75, 3.05) is 7.11 Å². The number of rotatable bonds is 1. The van der Waals surface area contributed by atoms with Gasteiger partial charge in [0.1, 0.15) is 0 Å². The maximum absolute atomic E-state index is 4.83. The molecule has 2 nitrogen and oxygen atoms in total. The minimum atomic E-state index is 1.33. The molecule has 2 heteroatoms. The van der Waals surface area contributed by atoms with Gasteiger partial charge in [-0.2, -0.15) is 0 Å². The molecule has 0 aliphatic carbocycles. The van der Waals surface area contributed by atoms with Crippen molar-refractivity contribution in [3.8, 4) is 0 Å². The topological polar surface area (TPSA) is 35.2 Å². The van der Waals surface area contributed by atoms with E-state index in [1.54, 1.807) is 7.11 Å². The molecule has 0 aromatic rings. The Balaban J connectivity index is 2.62. The Morgan fingerprint density at radius 1 is 1.80 bits per heavy atom. The first-order chi connectivity index (χ1) is 2.41. The zero-order chi connectivity index (χ0) is 4.12. The quantitative estimate of drug-likeness (QED) is 0.445. The summed E-state index contributed by atoms with van der Waals surface area (Å²) in [4.78, 5) is 0. The van der Waals surface area contributed by atoms with Crippen LogP contribution >= 0.6 is 0 Å². The lowest BCUT2D eigenvalue weighted by Gasteiger charge is -1.76. The first-order valence-electron chi connectivity index (χ1n) is 1.31. The minimum Gasteiger partial charge on any atom is -0.503 e. The van der Waals surface area contributed by atoms with Gasteiger partial charge in [-0.15, -0.1) is 0 Å². The highest BCUT2D eigenvalue weighted by Crippen LogP contribution is 1.57. The Morgan fingerprint density at radius 2 is 2.40 bits per heavy atom. The first kappa shape index (κ1) is 4.34. The molecular formula is C3H7NO. The van der Waals surface area contributed by atoms with E-state index in [0.717, 1.165) is 0 Å². The van der Waals surface area contributed by atoms with Gasteiger partial charge in [-0.3, -0.25) is 0 Å². The molecule has 0 atom stereocenters. The van der Waals surface area contributed by atoms with E-state index in [2.05, 4.69) is 4.74 Å². The predicted molar refractivity (Wildman–Crippen MR) is 20.3 cm³/mol. The van der Waals surface area contributed by atoms with Gasteiger partial charge in [0.05, 0.1) is 13.4 Å². The third-order valence-electron chi connectivity index (χ3n) is 0.215. The molecule has 0 unspecified atom stereocenters.